The zero-order chi connectivity index (χ0) is 14.5. The Morgan fingerprint density at radius 1 is 1.37 bits per heavy atom. The summed E-state index contributed by atoms with van der Waals surface area (Å²) in [6.45, 7) is 1.57. The molecule has 1 rings (SSSR count). The van der Waals surface area contributed by atoms with Crippen molar-refractivity contribution in [2.24, 2.45) is 0 Å². The smallest absolute Gasteiger partial charge is 0.321 e. The first-order chi connectivity index (χ1) is 8.86. The Balaban J connectivity index is 2.58. The fourth-order valence-corrected chi connectivity index (χ4v) is 3.38. The molecular formula is C11H19NO6S. The highest BCUT2D eigenvalue weighted by molar-refractivity contribution is 7.89. The van der Waals surface area contributed by atoms with Crippen LogP contribution in [-0.4, -0.2) is 54.7 Å². The highest BCUT2D eigenvalue weighted by Crippen LogP contribution is 2.29. The SMILES string of the molecule is CCOC(=O)CN(C1CC1)S(=O)(=O)CCCC(=O)O. The van der Waals surface area contributed by atoms with E-state index in [1.807, 2.05) is 0 Å². The van der Waals surface area contributed by atoms with Crippen molar-refractivity contribution in [2.75, 3.05) is 18.9 Å². The fourth-order valence-electron chi connectivity index (χ4n) is 1.67. The zero-order valence-electron chi connectivity index (χ0n) is 10.9. The Kier molecular flexibility index (Phi) is 5.74. The predicted octanol–water partition coefficient (Wildman–Crippen LogP) is 0.208. The summed E-state index contributed by atoms with van der Waals surface area (Å²) in [6.07, 6.45) is 1.32. The van der Waals surface area contributed by atoms with Crippen molar-refractivity contribution in [1.29, 1.82) is 0 Å². The summed E-state index contributed by atoms with van der Waals surface area (Å²) in [6, 6.07) is -0.140. The molecule has 0 aromatic heterocycles. The van der Waals surface area contributed by atoms with E-state index in [9.17, 15) is 18.0 Å². The quantitative estimate of drug-likeness (QED) is 0.610. The van der Waals surface area contributed by atoms with Crippen LogP contribution in [0.25, 0.3) is 0 Å². The van der Waals surface area contributed by atoms with Gasteiger partial charge in [0.1, 0.15) is 6.54 Å². The fraction of sp³-hybridized carbons (Fsp3) is 0.818. The van der Waals surface area contributed by atoms with E-state index in [2.05, 4.69) is 0 Å². The van der Waals surface area contributed by atoms with Crippen LogP contribution in [0.4, 0.5) is 0 Å². The highest BCUT2D eigenvalue weighted by atomic mass is 32.2. The average Bonchev–Trinajstić information content (AvgIpc) is 3.09. The molecule has 0 aliphatic heterocycles. The van der Waals surface area contributed by atoms with Gasteiger partial charge in [0.05, 0.1) is 12.4 Å². The molecule has 7 nitrogen and oxygen atoms in total. The van der Waals surface area contributed by atoms with E-state index in [1.165, 1.54) is 0 Å². The van der Waals surface area contributed by atoms with Gasteiger partial charge in [-0.25, -0.2) is 8.42 Å². The summed E-state index contributed by atoms with van der Waals surface area (Å²) in [5.74, 6) is -1.86. The molecule has 0 saturated heterocycles. The summed E-state index contributed by atoms with van der Waals surface area (Å²) in [4.78, 5) is 21.8. The third-order valence-corrected chi connectivity index (χ3v) is 4.64. The van der Waals surface area contributed by atoms with E-state index < -0.39 is 22.0 Å². The van der Waals surface area contributed by atoms with E-state index >= 15 is 0 Å². The minimum Gasteiger partial charge on any atom is -0.481 e. The molecule has 1 aliphatic carbocycles. The van der Waals surface area contributed by atoms with Crippen LogP contribution in [-0.2, 0) is 24.3 Å². The molecule has 1 aliphatic rings. The van der Waals surface area contributed by atoms with Gasteiger partial charge < -0.3 is 9.84 Å². The maximum Gasteiger partial charge on any atom is 0.321 e. The molecule has 19 heavy (non-hydrogen) atoms. The number of ether oxygens (including phenoxy) is 1. The molecule has 0 heterocycles. The molecule has 0 aromatic rings. The minimum atomic E-state index is -3.60. The van der Waals surface area contributed by atoms with Crippen molar-refractivity contribution in [2.45, 2.75) is 38.6 Å². The Labute approximate surface area is 112 Å². The molecule has 0 aromatic carbocycles. The van der Waals surface area contributed by atoms with Crippen LogP contribution in [0.15, 0.2) is 0 Å². The van der Waals surface area contributed by atoms with Gasteiger partial charge in [-0.05, 0) is 26.2 Å². The van der Waals surface area contributed by atoms with Crippen LogP contribution in [0.5, 0.6) is 0 Å². The molecule has 0 unspecified atom stereocenters. The largest absolute Gasteiger partial charge is 0.481 e. The molecule has 0 bridgehead atoms. The van der Waals surface area contributed by atoms with Gasteiger partial charge in [0, 0.05) is 12.5 Å². The maximum atomic E-state index is 12.1. The molecule has 8 heteroatoms. The van der Waals surface area contributed by atoms with E-state index in [0.29, 0.717) is 0 Å². The molecule has 0 amide bonds. The lowest BCUT2D eigenvalue weighted by atomic mass is 10.3. The summed E-state index contributed by atoms with van der Waals surface area (Å²) < 4.78 is 30.0. The first-order valence-electron chi connectivity index (χ1n) is 6.23. The molecular weight excluding hydrogens is 274 g/mol. The van der Waals surface area contributed by atoms with Gasteiger partial charge in [-0.3, -0.25) is 9.59 Å². The Hall–Kier alpha value is -1.15. The number of carboxylic acids is 1. The lowest BCUT2D eigenvalue weighted by Gasteiger charge is -2.20. The standard InChI is InChI=1S/C11H19NO6S/c1-2-18-11(15)8-12(9-5-6-9)19(16,17)7-3-4-10(13)14/h9H,2-8H2,1H3,(H,13,14). The van der Waals surface area contributed by atoms with Crippen molar-refractivity contribution >= 4 is 22.0 Å². The summed E-state index contributed by atoms with van der Waals surface area (Å²) in [5.41, 5.74) is 0. The molecule has 0 spiro atoms. The van der Waals surface area contributed by atoms with Gasteiger partial charge in [-0.1, -0.05) is 0 Å². The molecule has 1 saturated carbocycles. The highest BCUT2D eigenvalue weighted by Gasteiger charge is 2.38. The van der Waals surface area contributed by atoms with Crippen molar-refractivity contribution in [3.8, 4) is 0 Å². The third-order valence-electron chi connectivity index (χ3n) is 2.69. The Bertz CT molecular complexity index is 428. The number of aliphatic carboxylic acids is 1. The minimum absolute atomic E-state index is 0.0453. The normalized spacial score (nSPS) is 15.5. The number of rotatable bonds is 9. The van der Waals surface area contributed by atoms with E-state index in [4.69, 9.17) is 9.84 Å². The van der Waals surface area contributed by atoms with Crippen molar-refractivity contribution in [3.63, 3.8) is 0 Å². The number of carbonyl (C=O) groups is 2. The molecule has 1 N–H and O–H groups in total. The predicted molar refractivity (Wildman–Crippen MR) is 67.0 cm³/mol. The number of carboxylic acid groups (broad SMARTS) is 1. The number of esters is 1. The first-order valence-corrected chi connectivity index (χ1v) is 7.84. The van der Waals surface area contributed by atoms with Gasteiger partial charge >= 0.3 is 11.9 Å². The number of nitrogens with zero attached hydrogens (tertiary/aromatic N) is 1. The van der Waals surface area contributed by atoms with Gasteiger partial charge in [0.2, 0.25) is 10.0 Å². The Morgan fingerprint density at radius 3 is 2.47 bits per heavy atom. The maximum absolute atomic E-state index is 12.1. The molecule has 0 atom stereocenters. The summed E-state index contributed by atoms with van der Waals surface area (Å²) in [7, 11) is -3.60. The van der Waals surface area contributed by atoms with Crippen LogP contribution >= 0.6 is 0 Å². The topological polar surface area (TPSA) is 101 Å². The van der Waals surface area contributed by atoms with E-state index in [0.717, 1.165) is 17.1 Å². The zero-order valence-corrected chi connectivity index (χ0v) is 11.7. The monoisotopic (exact) mass is 293 g/mol. The molecule has 0 radical (unpaired) electrons. The van der Waals surface area contributed by atoms with Crippen molar-refractivity contribution in [1.82, 2.24) is 4.31 Å². The Morgan fingerprint density at radius 2 is 2.00 bits per heavy atom. The molecule has 1 fully saturated rings. The average molecular weight is 293 g/mol. The second-order valence-electron chi connectivity index (χ2n) is 4.39. The number of carbonyl (C=O) groups excluding carboxylic acids is 1. The third kappa shape index (κ3) is 5.56. The van der Waals surface area contributed by atoms with Crippen molar-refractivity contribution < 1.29 is 27.9 Å². The lowest BCUT2D eigenvalue weighted by Crippen LogP contribution is -2.39. The van der Waals surface area contributed by atoms with Crippen LogP contribution in [0, 0.1) is 0 Å². The van der Waals surface area contributed by atoms with Gasteiger partial charge in [0.15, 0.2) is 0 Å². The van der Waals surface area contributed by atoms with Crippen LogP contribution in [0.1, 0.15) is 32.6 Å². The lowest BCUT2D eigenvalue weighted by molar-refractivity contribution is -0.143. The second-order valence-corrected chi connectivity index (χ2v) is 6.44. The number of hydrogen-bond donors (Lipinski definition) is 1. The van der Waals surface area contributed by atoms with Gasteiger partial charge in [-0.2, -0.15) is 4.31 Å². The van der Waals surface area contributed by atoms with Gasteiger partial charge in [-0.15, -0.1) is 0 Å². The number of hydrogen-bond acceptors (Lipinski definition) is 5. The second kappa shape index (κ2) is 6.85. The van der Waals surface area contributed by atoms with Gasteiger partial charge in [0.25, 0.3) is 0 Å². The van der Waals surface area contributed by atoms with E-state index in [-0.39, 0.29) is 37.8 Å². The van der Waals surface area contributed by atoms with E-state index in [1.54, 1.807) is 6.92 Å². The van der Waals surface area contributed by atoms with Crippen molar-refractivity contribution in [3.05, 3.63) is 0 Å². The summed E-state index contributed by atoms with van der Waals surface area (Å²) in [5, 5.41) is 8.50. The number of sulfonamides is 1. The van der Waals surface area contributed by atoms with Crippen LogP contribution in [0.3, 0.4) is 0 Å². The summed E-state index contributed by atoms with van der Waals surface area (Å²) >= 11 is 0. The van der Waals surface area contributed by atoms with Crippen LogP contribution in [0.2, 0.25) is 0 Å². The first kappa shape index (κ1) is 15.9. The molecule has 110 valence electrons. The van der Waals surface area contributed by atoms with Crippen LogP contribution < -0.4 is 0 Å².